The van der Waals surface area contributed by atoms with Crippen molar-refractivity contribution >= 4 is 29.1 Å². The minimum atomic E-state index is -0.310. The molecule has 0 unspecified atom stereocenters. The van der Waals surface area contributed by atoms with Crippen LogP contribution in [0.1, 0.15) is 21.6 Å². The highest BCUT2D eigenvalue weighted by molar-refractivity contribution is 6.32. The summed E-state index contributed by atoms with van der Waals surface area (Å²) < 4.78 is 21.3. The third-order valence-electron chi connectivity index (χ3n) is 5.40. The average molecular weight is 477 g/mol. The minimum absolute atomic E-state index is 0.138. The van der Waals surface area contributed by atoms with Gasteiger partial charge in [-0.25, -0.2) is 9.07 Å². The Labute approximate surface area is 196 Å². The molecule has 1 amide bonds. The molecule has 168 valence electrons. The normalized spacial score (nSPS) is 14.6. The molecule has 1 aromatic heterocycles. The van der Waals surface area contributed by atoms with Crippen LogP contribution in [0.15, 0.2) is 48.7 Å². The van der Waals surface area contributed by atoms with Crippen LogP contribution in [-0.2, 0) is 13.3 Å². The molecule has 1 fully saturated rings. The third kappa shape index (κ3) is 5.23. The second-order valence-electron chi connectivity index (χ2n) is 7.72. The van der Waals surface area contributed by atoms with Gasteiger partial charge >= 0.3 is 0 Å². The Morgan fingerprint density at radius 3 is 2.62 bits per heavy atom. The Bertz CT molecular complexity index is 1090. The zero-order chi connectivity index (χ0) is 22.7. The Hall–Kier alpha value is -2.61. The van der Waals surface area contributed by atoms with E-state index in [1.54, 1.807) is 40.0 Å². The smallest absolute Gasteiger partial charge is 0.274 e. The monoisotopic (exact) mass is 476 g/mol. The summed E-state index contributed by atoms with van der Waals surface area (Å²) in [6, 6.07) is 11.9. The fourth-order valence-corrected chi connectivity index (χ4v) is 3.98. The first-order valence-corrected chi connectivity index (χ1v) is 11.0. The number of nitrogens with zero attached hydrogens (tertiary/aromatic N) is 4. The van der Waals surface area contributed by atoms with Gasteiger partial charge in [-0.2, -0.15) is 5.10 Å². The summed E-state index contributed by atoms with van der Waals surface area (Å²) in [6.45, 7) is 4.85. The molecule has 0 spiro atoms. The van der Waals surface area contributed by atoms with Crippen LogP contribution in [0.25, 0.3) is 0 Å². The second-order valence-corrected chi connectivity index (χ2v) is 8.53. The van der Waals surface area contributed by atoms with Crippen LogP contribution in [-0.4, -0.2) is 51.7 Å². The van der Waals surface area contributed by atoms with Crippen molar-refractivity contribution in [3.05, 3.63) is 81.3 Å². The Morgan fingerprint density at radius 2 is 1.88 bits per heavy atom. The predicted octanol–water partition coefficient (Wildman–Crippen LogP) is 4.63. The molecule has 1 aliphatic rings. The quantitative estimate of drug-likeness (QED) is 0.520. The molecule has 6 nitrogen and oxygen atoms in total. The summed E-state index contributed by atoms with van der Waals surface area (Å²) in [5.74, 6) is 0.123. The highest BCUT2D eigenvalue weighted by atomic mass is 35.5. The number of piperazine rings is 1. The van der Waals surface area contributed by atoms with Crippen LogP contribution in [0.4, 0.5) is 4.39 Å². The number of ether oxygens (including phenoxy) is 1. The summed E-state index contributed by atoms with van der Waals surface area (Å²) in [6.07, 6.45) is 1.70. The second kappa shape index (κ2) is 9.90. The molecule has 2 heterocycles. The lowest BCUT2D eigenvalue weighted by Gasteiger charge is -2.34. The summed E-state index contributed by atoms with van der Waals surface area (Å²) in [7, 11) is 0. The van der Waals surface area contributed by atoms with Crippen molar-refractivity contribution < 1.29 is 13.9 Å². The van der Waals surface area contributed by atoms with Gasteiger partial charge in [0.25, 0.3) is 5.91 Å². The van der Waals surface area contributed by atoms with Gasteiger partial charge in [0.05, 0.1) is 5.02 Å². The topological polar surface area (TPSA) is 50.6 Å². The highest BCUT2D eigenvalue weighted by Gasteiger charge is 2.24. The third-order valence-corrected chi connectivity index (χ3v) is 6.07. The van der Waals surface area contributed by atoms with Crippen LogP contribution < -0.4 is 4.74 Å². The van der Waals surface area contributed by atoms with E-state index in [0.717, 1.165) is 5.56 Å². The highest BCUT2D eigenvalue weighted by Crippen LogP contribution is 2.25. The van der Waals surface area contributed by atoms with Crippen LogP contribution in [0.3, 0.4) is 0 Å². The molecule has 0 aliphatic carbocycles. The zero-order valence-electron chi connectivity index (χ0n) is 17.6. The van der Waals surface area contributed by atoms with Gasteiger partial charge in [0, 0.05) is 49.5 Å². The van der Waals surface area contributed by atoms with E-state index in [9.17, 15) is 9.18 Å². The zero-order valence-corrected chi connectivity index (χ0v) is 19.1. The molecule has 0 radical (unpaired) electrons. The van der Waals surface area contributed by atoms with E-state index in [0.29, 0.717) is 59.8 Å². The molecule has 32 heavy (non-hydrogen) atoms. The molecule has 1 aliphatic heterocycles. The van der Waals surface area contributed by atoms with Gasteiger partial charge < -0.3 is 9.64 Å². The molecule has 2 aromatic carbocycles. The van der Waals surface area contributed by atoms with Crippen LogP contribution >= 0.6 is 23.2 Å². The van der Waals surface area contributed by atoms with E-state index < -0.39 is 0 Å². The molecule has 3 aromatic rings. The van der Waals surface area contributed by atoms with Gasteiger partial charge in [-0.15, -0.1) is 0 Å². The average Bonchev–Trinajstić information content (AvgIpc) is 3.26. The number of halogens is 3. The number of carbonyl (C=O) groups is 1. The SMILES string of the molecule is Cc1ccc(Cl)c(OCn2ccc(C(=O)N3CCN(Cc4c(F)cccc4Cl)CC3)n2)c1. The Balaban J connectivity index is 1.31. The van der Waals surface area contributed by atoms with E-state index in [-0.39, 0.29) is 18.5 Å². The lowest BCUT2D eigenvalue weighted by molar-refractivity contribution is 0.0619. The molecule has 0 saturated carbocycles. The van der Waals surface area contributed by atoms with Crippen molar-refractivity contribution in [3.63, 3.8) is 0 Å². The van der Waals surface area contributed by atoms with Crippen molar-refractivity contribution in [2.75, 3.05) is 26.2 Å². The Morgan fingerprint density at radius 1 is 1.09 bits per heavy atom. The largest absolute Gasteiger partial charge is 0.470 e. The fraction of sp³-hybridized carbons (Fsp3) is 0.304. The van der Waals surface area contributed by atoms with Crippen LogP contribution in [0.2, 0.25) is 10.0 Å². The van der Waals surface area contributed by atoms with Crippen molar-refractivity contribution in [3.8, 4) is 5.75 Å². The minimum Gasteiger partial charge on any atom is -0.470 e. The lowest BCUT2D eigenvalue weighted by atomic mass is 10.1. The van der Waals surface area contributed by atoms with Gasteiger partial charge in [-0.05, 0) is 42.8 Å². The van der Waals surface area contributed by atoms with E-state index in [2.05, 4.69) is 10.00 Å². The van der Waals surface area contributed by atoms with Gasteiger partial charge in [-0.3, -0.25) is 9.69 Å². The molecule has 4 rings (SSSR count). The number of hydrogen-bond donors (Lipinski definition) is 0. The lowest BCUT2D eigenvalue weighted by Crippen LogP contribution is -2.48. The van der Waals surface area contributed by atoms with Gasteiger partial charge in [-0.1, -0.05) is 35.3 Å². The van der Waals surface area contributed by atoms with Crippen molar-refractivity contribution in [1.29, 1.82) is 0 Å². The number of amides is 1. The van der Waals surface area contributed by atoms with Gasteiger partial charge in [0.1, 0.15) is 11.6 Å². The molecular weight excluding hydrogens is 454 g/mol. The molecule has 9 heteroatoms. The predicted molar refractivity (Wildman–Crippen MR) is 122 cm³/mol. The molecular formula is C23H23Cl2FN4O2. The fourth-order valence-electron chi connectivity index (χ4n) is 3.58. The van der Waals surface area contributed by atoms with E-state index >= 15 is 0 Å². The number of hydrogen-bond acceptors (Lipinski definition) is 4. The first-order chi connectivity index (χ1) is 15.4. The van der Waals surface area contributed by atoms with E-state index in [1.807, 2.05) is 19.1 Å². The Kier molecular flexibility index (Phi) is 6.98. The van der Waals surface area contributed by atoms with Crippen molar-refractivity contribution in [1.82, 2.24) is 19.6 Å². The van der Waals surface area contributed by atoms with E-state index in [4.69, 9.17) is 27.9 Å². The van der Waals surface area contributed by atoms with Crippen molar-refractivity contribution in [2.45, 2.75) is 20.2 Å². The number of aryl methyl sites for hydroxylation is 1. The first kappa shape index (κ1) is 22.6. The summed E-state index contributed by atoms with van der Waals surface area (Å²) in [5.41, 5.74) is 1.88. The number of benzene rings is 2. The van der Waals surface area contributed by atoms with E-state index in [1.165, 1.54) is 6.07 Å². The maximum Gasteiger partial charge on any atom is 0.274 e. The summed E-state index contributed by atoms with van der Waals surface area (Å²) >= 11 is 12.3. The van der Waals surface area contributed by atoms with Gasteiger partial charge in [0.15, 0.2) is 12.4 Å². The number of rotatable bonds is 6. The summed E-state index contributed by atoms with van der Waals surface area (Å²) in [5, 5.41) is 5.28. The maximum atomic E-state index is 14.0. The molecule has 1 saturated heterocycles. The molecule has 0 bridgehead atoms. The number of aromatic nitrogens is 2. The molecule has 0 N–H and O–H groups in total. The van der Waals surface area contributed by atoms with Crippen molar-refractivity contribution in [2.24, 2.45) is 0 Å². The first-order valence-electron chi connectivity index (χ1n) is 10.3. The number of carbonyl (C=O) groups excluding carboxylic acids is 1. The van der Waals surface area contributed by atoms with Crippen LogP contribution in [0, 0.1) is 12.7 Å². The maximum absolute atomic E-state index is 14.0. The standard InChI is InChI=1S/C23H23Cl2FN4O2/c1-16-5-6-19(25)22(13-16)32-15-30-8-7-21(27-30)23(31)29-11-9-28(10-12-29)14-17-18(24)3-2-4-20(17)26/h2-8,13H,9-12,14-15H2,1H3. The van der Waals surface area contributed by atoms with Crippen LogP contribution in [0.5, 0.6) is 5.75 Å². The summed E-state index contributed by atoms with van der Waals surface area (Å²) in [4.78, 5) is 16.7. The van der Waals surface area contributed by atoms with Gasteiger partial charge in [0.2, 0.25) is 0 Å². The molecule has 0 atom stereocenters.